The molecule has 0 aliphatic carbocycles. The molecule has 0 saturated carbocycles. The lowest BCUT2D eigenvalue weighted by atomic mass is 9.95. The molecule has 1 aliphatic rings. The molecule has 1 atom stereocenters. The number of esters is 1. The van der Waals surface area contributed by atoms with E-state index in [-0.39, 0.29) is 17.7 Å². The van der Waals surface area contributed by atoms with Gasteiger partial charge in [-0.05, 0) is 69.8 Å². The second kappa shape index (κ2) is 11.8. The Kier molecular flexibility index (Phi) is 8.13. The average molecular weight is 593 g/mol. The Morgan fingerprint density at radius 3 is 2.54 bits per heavy atom. The summed E-state index contributed by atoms with van der Waals surface area (Å²) in [6.07, 6.45) is 1.67. The maximum atomic E-state index is 13.9. The fraction of sp³-hybridized carbons (Fsp3) is 0.276. The Morgan fingerprint density at radius 2 is 1.85 bits per heavy atom. The number of ether oxygens (including phenoxy) is 3. The van der Waals surface area contributed by atoms with E-state index in [2.05, 4.69) is 15.0 Å². The van der Waals surface area contributed by atoms with Crippen LogP contribution in [0.15, 0.2) is 72.1 Å². The van der Waals surface area contributed by atoms with Crippen LogP contribution in [-0.4, -0.2) is 41.3 Å². The highest BCUT2D eigenvalue weighted by Crippen LogP contribution is 2.37. The number of aromatic nitrogens is 3. The van der Waals surface area contributed by atoms with Crippen LogP contribution in [0.3, 0.4) is 0 Å². The second-order valence-corrected chi connectivity index (χ2v) is 11.1. The molecule has 1 aromatic carbocycles. The molecule has 0 amide bonds. The summed E-state index contributed by atoms with van der Waals surface area (Å²) < 4.78 is 24.3. The standard InChI is InChI=1S/C29H28N4O6S2/c1-7-38-27(35)24-17(4)32-29-33(25(24)20-10-8-18(36-5)13-21(20)37-6)26(34)22(40-29)14-19-9-11-23(39-19)41-28-30-15(2)12-16(3)31-28/h8-14,25H,7H2,1-6H3/b22-14+/t25-/m1/s1. The van der Waals surface area contributed by atoms with E-state index in [0.29, 0.717) is 48.1 Å². The molecule has 4 heterocycles. The van der Waals surface area contributed by atoms with Crippen molar-refractivity contribution in [1.82, 2.24) is 14.5 Å². The molecule has 10 nitrogen and oxygen atoms in total. The predicted molar refractivity (Wildman–Crippen MR) is 154 cm³/mol. The molecule has 212 valence electrons. The lowest BCUT2D eigenvalue weighted by Gasteiger charge is -2.26. The molecule has 0 N–H and O–H groups in total. The molecule has 0 radical (unpaired) electrons. The highest BCUT2D eigenvalue weighted by molar-refractivity contribution is 7.99. The van der Waals surface area contributed by atoms with Gasteiger partial charge in [0.05, 0.1) is 36.6 Å². The Morgan fingerprint density at radius 1 is 1.10 bits per heavy atom. The van der Waals surface area contributed by atoms with Gasteiger partial charge >= 0.3 is 5.97 Å². The minimum atomic E-state index is -0.822. The summed E-state index contributed by atoms with van der Waals surface area (Å²) >= 11 is 2.51. The first kappa shape index (κ1) is 28.4. The van der Waals surface area contributed by atoms with E-state index in [0.717, 1.165) is 11.4 Å². The SMILES string of the molecule is CCOC(=O)C1=C(C)N=c2s/c(=C/c3ccc(Sc4nc(C)cc(C)n4)o3)c(=O)n2[C@@H]1c1ccc(OC)cc1OC. The van der Waals surface area contributed by atoms with Crippen LogP contribution in [0.25, 0.3) is 6.08 Å². The predicted octanol–water partition coefficient (Wildman–Crippen LogP) is 3.97. The summed E-state index contributed by atoms with van der Waals surface area (Å²) in [6.45, 7) is 7.47. The highest BCUT2D eigenvalue weighted by atomic mass is 32.2. The number of benzene rings is 1. The molecule has 0 unspecified atom stereocenters. The molecule has 1 aliphatic heterocycles. The first-order valence-electron chi connectivity index (χ1n) is 12.7. The van der Waals surface area contributed by atoms with Crippen LogP contribution in [0.4, 0.5) is 0 Å². The highest BCUT2D eigenvalue weighted by Gasteiger charge is 2.35. The zero-order chi connectivity index (χ0) is 29.3. The van der Waals surface area contributed by atoms with Crippen molar-refractivity contribution in [2.24, 2.45) is 4.99 Å². The third kappa shape index (κ3) is 5.70. The van der Waals surface area contributed by atoms with E-state index < -0.39 is 12.0 Å². The molecule has 0 fully saturated rings. The van der Waals surface area contributed by atoms with Gasteiger partial charge in [-0.1, -0.05) is 11.3 Å². The summed E-state index contributed by atoms with van der Waals surface area (Å²) in [7, 11) is 3.08. The van der Waals surface area contributed by atoms with Crippen LogP contribution in [0.1, 0.15) is 42.6 Å². The van der Waals surface area contributed by atoms with Crippen molar-refractivity contribution in [3.05, 3.63) is 90.1 Å². The van der Waals surface area contributed by atoms with Gasteiger partial charge in [-0.15, -0.1) is 0 Å². The Hall–Kier alpha value is -4.16. The fourth-order valence-electron chi connectivity index (χ4n) is 4.56. The van der Waals surface area contributed by atoms with Gasteiger partial charge in [-0.3, -0.25) is 9.36 Å². The van der Waals surface area contributed by atoms with Crippen molar-refractivity contribution in [2.45, 2.75) is 44.0 Å². The molecule has 0 saturated heterocycles. The van der Waals surface area contributed by atoms with Crippen molar-refractivity contribution in [2.75, 3.05) is 20.8 Å². The number of fused-ring (bicyclic) bond motifs is 1. The quantitative estimate of drug-likeness (QED) is 0.221. The van der Waals surface area contributed by atoms with Crippen molar-refractivity contribution in [3.63, 3.8) is 0 Å². The molecule has 41 heavy (non-hydrogen) atoms. The van der Waals surface area contributed by atoms with Crippen molar-refractivity contribution in [1.29, 1.82) is 0 Å². The first-order chi connectivity index (χ1) is 19.7. The number of hydrogen-bond donors (Lipinski definition) is 0. The van der Waals surface area contributed by atoms with Gasteiger partial charge in [-0.25, -0.2) is 19.8 Å². The number of furan rings is 1. The van der Waals surface area contributed by atoms with Gasteiger partial charge in [-0.2, -0.15) is 0 Å². The van der Waals surface area contributed by atoms with E-state index in [4.69, 9.17) is 18.6 Å². The Balaban J connectivity index is 1.61. The molecular weight excluding hydrogens is 564 g/mol. The Labute approximate surface area is 244 Å². The molecular formula is C29H28N4O6S2. The third-order valence-corrected chi connectivity index (χ3v) is 8.05. The number of allylic oxidation sites excluding steroid dienone is 1. The number of nitrogens with zero attached hydrogens (tertiary/aromatic N) is 4. The lowest BCUT2D eigenvalue weighted by Crippen LogP contribution is -2.40. The van der Waals surface area contributed by atoms with Crippen LogP contribution in [0.2, 0.25) is 0 Å². The molecule has 12 heteroatoms. The number of hydrogen-bond acceptors (Lipinski definition) is 11. The zero-order valence-electron chi connectivity index (χ0n) is 23.4. The summed E-state index contributed by atoms with van der Waals surface area (Å²) in [5, 5.41) is 1.17. The second-order valence-electron chi connectivity index (χ2n) is 9.10. The van der Waals surface area contributed by atoms with E-state index >= 15 is 0 Å². The van der Waals surface area contributed by atoms with Gasteiger partial charge < -0.3 is 18.6 Å². The summed E-state index contributed by atoms with van der Waals surface area (Å²) in [5.41, 5.74) is 2.74. The molecule has 3 aromatic heterocycles. The topological polar surface area (TPSA) is 118 Å². The fourth-order valence-corrected chi connectivity index (χ4v) is 6.42. The van der Waals surface area contributed by atoms with Crippen LogP contribution >= 0.6 is 23.1 Å². The maximum Gasteiger partial charge on any atom is 0.338 e. The maximum absolute atomic E-state index is 13.9. The zero-order valence-corrected chi connectivity index (χ0v) is 25.0. The summed E-state index contributed by atoms with van der Waals surface area (Å²) in [4.78, 5) is 41.0. The molecule has 0 spiro atoms. The van der Waals surface area contributed by atoms with Gasteiger partial charge in [0.15, 0.2) is 15.1 Å². The number of thiazole rings is 1. The monoisotopic (exact) mass is 592 g/mol. The number of methoxy groups -OCH3 is 2. The number of carbonyl (C=O) groups excluding carboxylic acids is 1. The van der Waals surface area contributed by atoms with Crippen LogP contribution < -0.4 is 24.4 Å². The number of rotatable bonds is 8. The van der Waals surface area contributed by atoms with Crippen molar-refractivity contribution in [3.8, 4) is 11.5 Å². The summed E-state index contributed by atoms with van der Waals surface area (Å²) in [5.74, 6) is 0.977. The third-order valence-electron chi connectivity index (χ3n) is 6.28. The molecule has 5 rings (SSSR count). The van der Waals surface area contributed by atoms with E-state index in [1.54, 1.807) is 51.3 Å². The van der Waals surface area contributed by atoms with E-state index in [1.807, 2.05) is 26.0 Å². The minimum absolute atomic E-state index is 0.179. The minimum Gasteiger partial charge on any atom is -0.497 e. The van der Waals surface area contributed by atoms with E-state index in [1.165, 1.54) is 34.8 Å². The van der Waals surface area contributed by atoms with Crippen molar-refractivity contribution >= 4 is 35.1 Å². The van der Waals surface area contributed by atoms with Gasteiger partial charge in [0.1, 0.15) is 23.3 Å². The first-order valence-corrected chi connectivity index (χ1v) is 14.4. The molecule has 4 aromatic rings. The van der Waals surface area contributed by atoms with Crippen molar-refractivity contribution < 1.29 is 23.4 Å². The summed E-state index contributed by atoms with van der Waals surface area (Å²) in [6, 6.07) is 9.92. The van der Waals surface area contributed by atoms with Gasteiger partial charge in [0.25, 0.3) is 5.56 Å². The largest absolute Gasteiger partial charge is 0.497 e. The Bertz CT molecular complexity index is 1830. The smallest absolute Gasteiger partial charge is 0.338 e. The lowest BCUT2D eigenvalue weighted by molar-refractivity contribution is -0.139. The normalized spacial score (nSPS) is 15.0. The molecule has 0 bridgehead atoms. The average Bonchev–Trinajstić information content (AvgIpc) is 3.50. The van der Waals surface area contributed by atoms with Gasteiger partial charge in [0.2, 0.25) is 0 Å². The van der Waals surface area contributed by atoms with E-state index in [9.17, 15) is 9.59 Å². The van der Waals surface area contributed by atoms with Crippen LogP contribution in [0, 0.1) is 13.8 Å². The number of carbonyl (C=O) groups is 1. The van der Waals surface area contributed by atoms with Crippen LogP contribution in [0.5, 0.6) is 11.5 Å². The van der Waals surface area contributed by atoms with Crippen LogP contribution in [-0.2, 0) is 9.53 Å². The van der Waals surface area contributed by atoms with Gasteiger partial charge in [0, 0.05) is 29.1 Å². The number of aryl methyl sites for hydroxylation is 2.